The van der Waals surface area contributed by atoms with Crippen LogP contribution in [-0.4, -0.2) is 6.18 Å². The number of alkyl halides is 3. The topological polar surface area (TPSA) is 0 Å². The zero-order valence-corrected chi connectivity index (χ0v) is 7.61. The number of hydrogen-bond donors (Lipinski definition) is 0. The highest BCUT2D eigenvalue weighted by Gasteiger charge is 2.40. The minimum Gasteiger partial charge on any atom is -0.171 e. The van der Waals surface area contributed by atoms with Crippen LogP contribution in [0.15, 0.2) is 12.7 Å². The maximum absolute atomic E-state index is 12.2. The zero-order valence-electron chi connectivity index (χ0n) is 7.61. The summed E-state index contributed by atoms with van der Waals surface area (Å²) in [5, 5.41) is 0. The molecule has 1 saturated carbocycles. The molecule has 1 rings (SSSR count). The number of rotatable bonds is 2. The monoisotopic (exact) mass is 192 g/mol. The van der Waals surface area contributed by atoms with E-state index in [1.807, 2.05) is 0 Å². The highest BCUT2D eigenvalue weighted by Crippen LogP contribution is 2.40. The third kappa shape index (κ3) is 3.05. The molecule has 0 aromatic rings. The molecule has 0 amide bonds. The lowest BCUT2D eigenvalue weighted by Crippen LogP contribution is -2.27. The molecule has 0 radical (unpaired) electrons. The summed E-state index contributed by atoms with van der Waals surface area (Å²) in [6, 6.07) is 0. The van der Waals surface area contributed by atoms with E-state index in [-0.39, 0.29) is 0 Å². The van der Waals surface area contributed by atoms with E-state index in [2.05, 4.69) is 6.58 Å². The van der Waals surface area contributed by atoms with Gasteiger partial charge in [-0.15, -0.1) is 6.58 Å². The third-order valence-corrected chi connectivity index (χ3v) is 2.81. The van der Waals surface area contributed by atoms with Gasteiger partial charge in [0.15, 0.2) is 0 Å². The minimum atomic E-state index is -3.97. The summed E-state index contributed by atoms with van der Waals surface area (Å²) in [5.41, 5.74) is 0. The first-order chi connectivity index (χ1) is 6.04. The van der Waals surface area contributed by atoms with Crippen LogP contribution in [0.1, 0.15) is 32.1 Å². The molecule has 1 aliphatic carbocycles. The molecule has 0 bridgehead atoms. The van der Waals surface area contributed by atoms with Gasteiger partial charge in [-0.05, 0) is 38.0 Å². The van der Waals surface area contributed by atoms with Gasteiger partial charge in [0.1, 0.15) is 0 Å². The van der Waals surface area contributed by atoms with Crippen molar-refractivity contribution >= 4 is 0 Å². The van der Waals surface area contributed by atoms with Gasteiger partial charge in [-0.3, -0.25) is 0 Å². The van der Waals surface area contributed by atoms with Crippen molar-refractivity contribution in [3.8, 4) is 0 Å². The summed E-state index contributed by atoms with van der Waals surface area (Å²) in [6.45, 7) is 3.60. The van der Waals surface area contributed by atoms with Crippen LogP contribution in [0.4, 0.5) is 13.2 Å². The molecule has 0 unspecified atom stereocenters. The van der Waals surface area contributed by atoms with E-state index in [1.54, 1.807) is 6.08 Å². The summed E-state index contributed by atoms with van der Waals surface area (Å²) in [4.78, 5) is 0. The normalized spacial score (nSPS) is 30.1. The van der Waals surface area contributed by atoms with Crippen LogP contribution in [-0.2, 0) is 0 Å². The van der Waals surface area contributed by atoms with Crippen LogP contribution in [0.2, 0.25) is 0 Å². The Morgan fingerprint density at radius 1 is 1.15 bits per heavy atom. The van der Waals surface area contributed by atoms with Crippen LogP contribution >= 0.6 is 0 Å². The smallest absolute Gasteiger partial charge is 0.171 e. The molecule has 3 heteroatoms. The Morgan fingerprint density at radius 3 is 2.08 bits per heavy atom. The molecule has 0 aromatic heterocycles. The van der Waals surface area contributed by atoms with Gasteiger partial charge in [-0.1, -0.05) is 6.08 Å². The first kappa shape index (κ1) is 10.6. The van der Waals surface area contributed by atoms with Gasteiger partial charge in [0.2, 0.25) is 0 Å². The van der Waals surface area contributed by atoms with Crippen molar-refractivity contribution < 1.29 is 13.2 Å². The van der Waals surface area contributed by atoms with Crippen molar-refractivity contribution in [2.24, 2.45) is 11.8 Å². The van der Waals surface area contributed by atoms with Crippen molar-refractivity contribution in [2.75, 3.05) is 0 Å². The quantitative estimate of drug-likeness (QED) is 0.581. The van der Waals surface area contributed by atoms with Gasteiger partial charge >= 0.3 is 6.18 Å². The van der Waals surface area contributed by atoms with E-state index in [0.717, 1.165) is 6.42 Å². The van der Waals surface area contributed by atoms with E-state index in [4.69, 9.17) is 0 Å². The molecule has 0 heterocycles. The Morgan fingerprint density at radius 2 is 1.69 bits per heavy atom. The molecular formula is C10H15F3. The molecule has 1 aliphatic rings. The average Bonchev–Trinajstić information content (AvgIpc) is 2.04. The number of halogens is 3. The SMILES string of the molecule is C=CC[C@H]1CC[C@H](C(F)(F)F)CC1. The minimum absolute atomic E-state index is 0.308. The summed E-state index contributed by atoms with van der Waals surface area (Å²) >= 11 is 0. The summed E-state index contributed by atoms with van der Waals surface area (Å²) in [5.74, 6) is -0.607. The lowest BCUT2D eigenvalue weighted by atomic mass is 9.80. The fraction of sp³-hybridized carbons (Fsp3) is 0.800. The standard InChI is InChI=1S/C10H15F3/c1-2-3-8-4-6-9(7-5-8)10(11,12)13/h2,8-9H,1,3-7H2/t8-,9-. The van der Waals surface area contributed by atoms with Gasteiger partial charge in [-0.2, -0.15) is 13.2 Å². The molecule has 1 fully saturated rings. The van der Waals surface area contributed by atoms with Crippen LogP contribution in [0, 0.1) is 11.8 Å². The van der Waals surface area contributed by atoms with Crippen molar-refractivity contribution in [3.05, 3.63) is 12.7 Å². The summed E-state index contributed by atoms with van der Waals surface area (Å²) in [7, 11) is 0. The number of hydrogen-bond acceptors (Lipinski definition) is 0. The Labute approximate surface area is 76.8 Å². The predicted molar refractivity (Wildman–Crippen MR) is 46.3 cm³/mol. The molecule has 0 atom stereocenters. The van der Waals surface area contributed by atoms with Gasteiger partial charge in [0.25, 0.3) is 0 Å². The molecule has 76 valence electrons. The van der Waals surface area contributed by atoms with Crippen LogP contribution < -0.4 is 0 Å². The Hall–Kier alpha value is -0.470. The molecule has 0 N–H and O–H groups in total. The molecule has 0 aliphatic heterocycles. The second-order valence-electron chi connectivity index (χ2n) is 3.78. The molecule has 0 saturated heterocycles. The van der Waals surface area contributed by atoms with Gasteiger partial charge in [0.05, 0.1) is 5.92 Å². The van der Waals surface area contributed by atoms with E-state index >= 15 is 0 Å². The van der Waals surface area contributed by atoms with E-state index in [0.29, 0.717) is 31.6 Å². The summed E-state index contributed by atoms with van der Waals surface area (Å²) < 4.78 is 36.7. The predicted octanol–water partition coefficient (Wildman–Crippen LogP) is 3.93. The van der Waals surface area contributed by atoms with Crippen molar-refractivity contribution in [2.45, 2.75) is 38.3 Å². The molecule has 0 aromatic carbocycles. The maximum atomic E-state index is 12.2. The number of allylic oxidation sites excluding steroid dienone is 1. The first-order valence-electron chi connectivity index (χ1n) is 4.71. The Balaban J connectivity index is 2.34. The Bertz CT molecular complexity index is 163. The highest BCUT2D eigenvalue weighted by atomic mass is 19.4. The maximum Gasteiger partial charge on any atom is 0.391 e. The first-order valence-corrected chi connectivity index (χ1v) is 4.71. The lowest BCUT2D eigenvalue weighted by Gasteiger charge is -2.29. The van der Waals surface area contributed by atoms with Crippen LogP contribution in [0.5, 0.6) is 0 Å². The summed E-state index contributed by atoms with van der Waals surface area (Å²) in [6.07, 6.45) is 0.721. The Kier molecular flexibility index (Phi) is 3.40. The van der Waals surface area contributed by atoms with E-state index < -0.39 is 12.1 Å². The third-order valence-electron chi connectivity index (χ3n) is 2.81. The van der Waals surface area contributed by atoms with Crippen molar-refractivity contribution in [1.82, 2.24) is 0 Å². The molecule has 13 heavy (non-hydrogen) atoms. The van der Waals surface area contributed by atoms with Gasteiger partial charge < -0.3 is 0 Å². The van der Waals surface area contributed by atoms with E-state index in [1.165, 1.54) is 0 Å². The molecular weight excluding hydrogens is 177 g/mol. The van der Waals surface area contributed by atoms with Gasteiger partial charge in [-0.25, -0.2) is 0 Å². The average molecular weight is 192 g/mol. The van der Waals surface area contributed by atoms with Gasteiger partial charge in [0, 0.05) is 0 Å². The molecule has 0 nitrogen and oxygen atoms in total. The van der Waals surface area contributed by atoms with Crippen LogP contribution in [0.25, 0.3) is 0 Å². The van der Waals surface area contributed by atoms with Crippen molar-refractivity contribution in [3.63, 3.8) is 0 Å². The fourth-order valence-corrected chi connectivity index (χ4v) is 1.96. The second kappa shape index (κ2) is 4.16. The zero-order chi connectivity index (χ0) is 9.90. The highest BCUT2D eigenvalue weighted by molar-refractivity contribution is 4.81. The largest absolute Gasteiger partial charge is 0.391 e. The van der Waals surface area contributed by atoms with E-state index in [9.17, 15) is 13.2 Å². The lowest BCUT2D eigenvalue weighted by molar-refractivity contribution is -0.183. The van der Waals surface area contributed by atoms with Crippen molar-refractivity contribution in [1.29, 1.82) is 0 Å². The second-order valence-corrected chi connectivity index (χ2v) is 3.78. The fourth-order valence-electron chi connectivity index (χ4n) is 1.96. The van der Waals surface area contributed by atoms with Crippen LogP contribution in [0.3, 0.4) is 0 Å². The molecule has 0 spiro atoms.